The van der Waals surface area contributed by atoms with Crippen LogP contribution in [0.25, 0.3) is 0 Å². The molecule has 1 heterocycles. The fourth-order valence-electron chi connectivity index (χ4n) is 6.13. The number of benzene rings is 2. The SMILES string of the molecule is C=C[C@@H](O)C[C@@H]1CC[C@H]1CN1C[C@@]2(CCCc3cc(Cl)ccc32)COc2ccc(C(=O)O)cc21. The lowest BCUT2D eigenvalue weighted by atomic mass is 9.68. The predicted molar refractivity (Wildman–Crippen MR) is 134 cm³/mol. The zero-order valence-electron chi connectivity index (χ0n) is 19.4. The summed E-state index contributed by atoms with van der Waals surface area (Å²) in [4.78, 5) is 14.1. The monoisotopic (exact) mass is 481 g/mol. The topological polar surface area (TPSA) is 70.0 Å². The Morgan fingerprint density at radius 3 is 2.82 bits per heavy atom. The number of rotatable bonds is 6. The van der Waals surface area contributed by atoms with E-state index in [0.717, 1.165) is 68.1 Å². The summed E-state index contributed by atoms with van der Waals surface area (Å²) in [5, 5.41) is 20.5. The number of halogens is 1. The van der Waals surface area contributed by atoms with E-state index in [1.807, 2.05) is 6.07 Å². The van der Waals surface area contributed by atoms with Crippen LogP contribution in [0.1, 0.15) is 53.6 Å². The maximum Gasteiger partial charge on any atom is 0.335 e. The molecule has 34 heavy (non-hydrogen) atoms. The van der Waals surface area contributed by atoms with Crippen LogP contribution in [0.3, 0.4) is 0 Å². The van der Waals surface area contributed by atoms with Gasteiger partial charge in [0.15, 0.2) is 0 Å². The van der Waals surface area contributed by atoms with E-state index < -0.39 is 12.1 Å². The maximum atomic E-state index is 11.8. The molecule has 0 radical (unpaired) electrons. The molecule has 2 N–H and O–H groups in total. The van der Waals surface area contributed by atoms with E-state index in [9.17, 15) is 15.0 Å². The lowest BCUT2D eigenvalue weighted by Gasteiger charge is -2.45. The molecule has 2 aromatic rings. The fourth-order valence-corrected chi connectivity index (χ4v) is 6.32. The van der Waals surface area contributed by atoms with Crippen LogP contribution in [-0.4, -0.2) is 42.0 Å². The number of hydrogen-bond donors (Lipinski definition) is 2. The van der Waals surface area contributed by atoms with Crippen molar-refractivity contribution in [1.29, 1.82) is 0 Å². The van der Waals surface area contributed by atoms with Crippen molar-refractivity contribution < 1.29 is 19.7 Å². The van der Waals surface area contributed by atoms with E-state index in [1.54, 1.807) is 24.3 Å². The molecule has 0 bridgehead atoms. The molecule has 1 saturated carbocycles. The summed E-state index contributed by atoms with van der Waals surface area (Å²) in [6, 6.07) is 11.4. The Morgan fingerprint density at radius 2 is 2.09 bits per heavy atom. The molecule has 2 aromatic carbocycles. The summed E-state index contributed by atoms with van der Waals surface area (Å²) in [6.07, 6.45) is 7.17. The van der Waals surface area contributed by atoms with Gasteiger partial charge in [0, 0.05) is 23.5 Å². The van der Waals surface area contributed by atoms with Crippen LogP contribution in [0, 0.1) is 11.8 Å². The number of ether oxygens (including phenoxy) is 1. The zero-order chi connectivity index (χ0) is 23.9. The molecular weight excluding hydrogens is 450 g/mol. The number of aliphatic hydroxyl groups excluding tert-OH is 1. The van der Waals surface area contributed by atoms with Gasteiger partial charge in [-0.15, -0.1) is 6.58 Å². The van der Waals surface area contributed by atoms with Crippen molar-refractivity contribution in [1.82, 2.24) is 0 Å². The van der Waals surface area contributed by atoms with Crippen LogP contribution in [0.4, 0.5) is 5.69 Å². The smallest absolute Gasteiger partial charge is 0.335 e. The summed E-state index contributed by atoms with van der Waals surface area (Å²) in [6.45, 7) is 5.87. The summed E-state index contributed by atoms with van der Waals surface area (Å²) < 4.78 is 6.42. The lowest BCUT2D eigenvalue weighted by molar-refractivity contribution is 0.0696. The van der Waals surface area contributed by atoms with Gasteiger partial charge in [-0.25, -0.2) is 4.79 Å². The van der Waals surface area contributed by atoms with Crippen LogP contribution in [0.15, 0.2) is 49.1 Å². The number of carboxylic acids is 1. The third-order valence-electron chi connectivity index (χ3n) is 8.13. The summed E-state index contributed by atoms with van der Waals surface area (Å²) in [7, 11) is 0. The van der Waals surface area contributed by atoms with Crippen LogP contribution in [0.5, 0.6) is 5.75 Å². The third-order valence-corrected chi connectivity index (χ3v) is 8.37. The van der Waals surface area contributed by atoms with Crippen LogP contribution in [0.2, 0.25) is 5.02 Å². The standard InChI is InChI=1S/C28H32ClNO4/c1-2-23(31)13-18-5-6-21(18)15-30-16-28(11-3-4-19-12-22(29)8-9-24(19)28)17-34-26-10-7-20(27(32)33)14-25(26)30/h2,7-10,12,14,18,21,23,31H,1,3-6,11,13,15-17H2,(H,32,33)/t18-,21-,23+,28-/m0/s1. The molecule has 1 fully saturated rings. The van der Waals surface area contributed by atoms with E-state index in [0.29, 0.717) is 18.4 Å². The minimum Gasteiger partial charge on any atom is -0.490 e. The van der Waals surface area contributed by atoms with Gasteiger partial charge in [0.1, 0.15) is 5.75 Å². The molecule has 5 rings (SSSR count). The van der Waals surface area contributed by atoms with Crippen molar-refractivity contribution in [3.63, 3.8) is 0 Å². The quantitative estimate of drug-likeness (QED) is 0.535. The molecule has 1 spiro atoms. The third kappa shape index (κ3) is 4.32. The van der Waals surface area contributed by atoms with Crippen molar-refractivity contribution >= 4 is 23.3 Å². The molecule has 3 aliphatic rings. The van der Waals surface area contributed by atoms with Crippen molar-refractivity contribution in [3.8, 4) is 5.75 Å². The van der Waals surface area contributed by atoms with Crippen molar-refractivity contribution in [3.05, 3.63) is 70.8 Å². The first-order chi connectivity index (χ1) is 16.4. The number of aromatic carboxylic acids is 1. The second kappa shape index (κ2) is 9.27. The van der Waals surface area contributed by atoms with Gasteiger partial charge in [0.05, 0.1) is 24.0 Å². The van der Waals surface area contributed by atoms with Gasteiger partial charge in [0.2, 0.25) is 0 Å². The van der Waals surface area contributed by atoms with E-state index in [2.05, 4.69) is 23.6 Å². The summed E-state index contributed by atoms with van der Waals surface area (Å²) in [5.74, 6) is 0.691. The molecule has 0 aromatic heterocycles. The first-order valence-corrected chi connectivity index (χ1v) is 12.6. The van der Waals surface area contributed by atoms with Crippen molar-refractivity contribution in [2.75, 3.05) is 24.6 Å². The first kappa shape index (κ1) is 23.3. The highest BCUT2D eigenvalue weighted by atomic mass is 35.5. The van der Waals surface area contributed by atoms with Crippen LogP contribution < -0.4 is 9.64 Å². The Labute approximate surface area is 206 Å². The number of fused-ring (bicyclic) bond motifs is 3. The van der Waals surface area contributed by atoms with Gasteiger partial charge in [0.25, 0.3) is 0 Å². The van der Waals surface area contributed by atoms with E-state index in [1.165, 1.54) is 11.1 Å². The van der Waals surface area contributed by atoms with Crippen LogP contribution in [-0.2, 0) is 11.8 Å². The highest BCUT2D eigenvalue weighted by Gasteiger charge is 2.43. The number of aryl methyl sites for hydroxylation is 1. The predicted octanol–water partition coefficient (Wildman–Crippen LogP) is 5.47. The van der Waals surface area contributed by atoms with E-state index in [-0.39, 0.29) is 11.0 Å². The van der Waals surface area contributed by atoms with Gasteiger partial charge in [-0.1, -0.05) is 23.7 Å². The number of nitrogens with zero attached hydrogens (tertiary/aromatic N) is 1. The number of hydrogen-bond acceptors (Lipinski definition) is 4. The number of aliphatic hydroxyl groups is 1. The molecule has 180 valence electrons. The van der Waals surface area contributed by atoms with E-state index >= 15 is 0 Å². The Hall–Kier alpha value is -2.50. The van der Waals surface area contributed by atoms with Gasteiger partial charge in [-0.2, -0.15) is 0 Å². The molecule has 5 nitrogen and oxygen atoms in total. The largest absolute Gasteiger partial charge is 0.490 e. The Bertz CT molecular complexity index is 1100. The fraction of sp³-hybridized carbons (Fsp3) is 0.464. The molecule has 4 atom stereocenters. The second-order valence-corrected chi connectivity index (χ2v) is 10.7. The molecule has 0 saturated heterocycles. The molecule has 6 heteroatoms. The van der Waals surface area contributed by atoms with Gasteiger partial charge in [-0.05, 0) is 91.8 Å². The Kier molecular flexibility index (Phi) is 6.34. The zero-order valence-corrected chi connectivity index (χ0v) is 20.1. The minimum atomic E-state index is -0.935. The van der Waals surface area contributed by atoms with Crippen LogP contribution >= 0.6 is 11.6 Å². The number of carbonyl (C=O) groups is 1. The maximum absolute atomic E-state index is 11.8. The average Bonchev–Trinajstić information content (AvgIpc) is 2.97. The molecule has 0 unspecified atom stereocenters. The highest BCUT2D eigenvalue weighted by molar-refractivity contribution is 6.30. The van der Waals surface area contributed by atoms with Crippen molar-refractivity contribution in [2.45, 2.75) is 50.0 Å². The molecule has 1 aliphatic heterocycles. The van der Waals surface area contributed by atoms with Gasteiger partial charge in [-0.3, -0.25) is 0 Å². The number of anilines is 1. The lowest BCUT2D eigenvalue weighted by Crippen LogP contribution is -2.48. The summed E-state index contributed by atoms with van der Waals surface area (Å²) >= 11 is 6.32. The Morgan fingerprint density at radius 1 is 1.26 bits per heavy atom. The Balaban J connectivity index is 1.51. The first-order valence-electron chi connectivity index (χ1n) is 12.2. The average molecular weight is 482 g/mol. The molecular formula is C28H32ClNO4. The van der Waals surface area contributed by atoms with Gasteiger partial charge >= 0.3 is 5.97 Å². The summed E-state index contributed by atoms with van der Waals surface area (Å²) in [5.41, 5.74) is 3.53. The molecule has 0 amide bonds. The van der Waals surface area contributed by atoms with Crippen molar-refractivity contribution in [2.24, 2.45) is 11.8 Å². The van der Waals surface area contributed by atoms with Gasteiger partial charge < -0.3 is 19.8 Å². The minimum absolute atomic E-state index is 0.180. The second-order valence-electron chi connectivity index (χ2n) is 10.2. The molecule has 2 aliphatic carbocycles. The van der Waals surface area contributed by atoms with E-state index in [4.69, 9.17) is 16.3 Å². The normalized spacial score (nSPS) is 26.5. The highest BCUT2D eigenvalue weighted by Crippen LogP contribution is 2.46. The number of carboxylic acid groups (broad SMARTS) is 1.